The molecule has 3 aromatic carbocycles. The molecule has 150 valence electrons. The Labute approximate surface area is 181 Å². The number of nitrogens with one attached hydrogen (secondary N) is 1. The first kappa shape index (κ1) is 19.1. The van der Waals surface area contributed by atoms with Crippen molar-refractivity contribution in [3.05, 3.63) is 66.2 Å². The molecule has 0 spiro atoms. The van der Waals surface area contributed by atoms with E-state index in [4.69, 9.17) is 9.15 Å². The monoisotopic (exact) mass is 434 g/mol. The summed E-state index contributed by atoms with van der Waals surface area (Å²) < 4.78 is 12.3. The number of hydrogen-bond acceptors (Lipinski definition) is 6. The maximum absolute atomic E-state index is 12.6. The lowest BCUT2D eigenvalue weighted by Gasteiger charge is -2.14. The molecule has 5 nitrogen and oxygen atoms in total. The Morgan fingerprint density at radius 1 is 1.13 bits per heavy atom. The molecule has 1 N–H and O–H groups in total. The number of rotatable bonds is 4. The first-order valence-electron chi connectivity index (χ1n) is 9.42. The van der Waals surface area contributed by atoms with E-state index in [1.807, 2.05) is 54.6 Å². The van der Waals surface area contributed by atoms with E-state index in [-0.39, 0.29) is 11.7 Å². The molecular formula is C23H18N2O3S2. The Bertz CT molecular complexity index is 1300. The van der Waals surface area contributed by atoms with Crippen LogP contribution < -0.4 is 10.1 Å². The van der Waals surface area contributed by atoms with Gasteiger partial charge in [0, 0.05) is 22.6 Å². The van der Waals surface area contributed by atoms with E-state index < -0.39 is 0 Å². The van der Waals surface area contributed by atoms with Gasteiger partial charge >= 0.3 is 0 Å². The first-order chi connectivity index (χ1) is 14.7. The molecule has 0 atom stereocenters. The number of carbonyl (C=O) groups excluding carboxylic acids is 1. The zero-order valence-corrected chi connectivity index (χ0v) is 17.8. The Morgan fingerprint density at radius 2 is 1.97 bits per heavy atom. The van der Waals surface area contributed by atoms with Crippen molar-refractivity contribution in [2.45, 2.75) is 5.75 Å². The van der Waals surface area contributed by atoms with E-state index >= 15 is 0 Å². The molecule has 0 radical (unpaired) electrons. The number of para-hydroxylation sites is 2. The summed E-state index contributed by atoms with van der Waals surface area (Å²) in [5, 5.41) is 4.93. The van der Waals surface area contributed by atoms with Crippen LogP contribution in [0.25, 0.3) is 21.9 Å². The topological polar surface area (TPSA) is 63.8 Å². The van der Waals surface area contributed by atoms with Gasteiger partial charge in [-0.3, -0.25) is 4.79 Å². The van der Waals surface area contributed by atoms with Crippen LogP contribution in [0.15, 0.2) is 70.1 Å². The van der Waals surface area contributed by atoms with Crippen molar-refractivity contribution >= 4 is 67.1 Å². The highest BCUT2D eigenvalue weighted by atomic mass is 32.2. The van der Waals surface area contributed by atoms with Gasteiger partial charge in [-0.25, -0.2) is 4.99 Å². The summed E-state index contributed by atoms with van der Waals surface area (Å²) in [4.78, 5) is 17.2. The number of aliphatic imine (C=N–C) groups is 1. The minimum atomic E-state index is -0.115. The normalized spacial score (nSPS) is 13.2. The summed E-state index contributed by atoms with van der Waals surface area (Å²) in [6.07, 6.45) is 0. The SMILES string of the molecule is COc1cc2c(cc1NC(=O)CSC1=Nc3ccccc3CS1)oc1ccccc12. The average molecular weight is 435 g/mol. The minimum Gasteiger partial charge on any atom is -0.495 e. The van der Waals surface area contributed by atoms with Gasteiger partial charge in [0.05, 0.1) is 24.2 Å². The molecule has 1 aliphatic heterocycles. The van der Waals surface area contributed by atoms with Crippen molar-refractivity contribution in [2.75, 3.05) is 18.2 Å². The van der Waals surface area contributed by atoms with Crippen molar-refractivity contribution in [1.82, 2.24) is 0 Å². The fourth-order valence-corrected chi connectivity index (χ4v) is 5.28. The molecule has 1 aliphatic rings. The molecular weight excluding hydrogens is 416 g/mol. The molecule has 2 heterocycles. The number of amides is 1. The van der Waals surface area contributed by atoms with Crippen LogP contribution in [-0.4, -0.2) is 23.1 Å². The van der Waals surface area contributed by atoms with Crippen LogP contribution in [0, 0.1) is 0 Å². The fraction of sp³-hybridized carbons (Fsp3) is 0.130. The van der Waals surface area contributed by atoms with Crippen LogP contribution in [-0.2, 0) is 10.5 Å². The van der Waals surface area contributed by atoms with Crippen molar-refractivity contribution in [3.8, 4) is 5.75 Å². The van der Waals surface area contributed by atoms with Gasteiger partial charge in [-0.05, 0) is 23.8 Å². The quantitative estimate of drug-likeness (QED) is 0.414. The van der Waals surface area contributed by atoms with Gasteiger partial charge < -0.3 is 14.5 Å². The first-order valence-corrected chi connectivity index (χ1v) is 11.4. The third-order valence-electron chi connectivity index (χ3n) is 4.85. The zero-order valence-electron chi connectivity index (χ0n) is 16.2. The Hall–Kier alpha value is -2.90. The van der Waals surface area contributed by atoms with Gasteiger partial charge in [-0.1, -0.05) is 59.9 Å². The summed E-state index contributed by atoms with van der Waals surface area (Å²) in [5.74, 6) is 1.64. The molecule has 4 aromatic rings. The van der Waals surface area contributed by atoms with Crippen LogP contribution in [0.3, 0.4) is 0 Å². The summed E-state index contributed by atoms with van der Waals surface area (Å²) >= 11 is 3.11. The standard InChI is InChI=1S/C23H18N2O3S2/c1-27-21-10-16-15-7-3-5-9-19(15)28-20(16)11-18(21)24-22(26)13-30-23-25-17-8-4-2-6-14(17)12-29-23/h2-11H,12-13H2,1H3,(H,24,26). The molecule has 0 saturated carbocycles. The second-order valence-corrected chi connectivity index (χ2v) is 8.97. The number of ether oxygens (including phenoxy) is 1. The Balaban J connectivity index is 1.33. The molecule has 5 rings (SSSR count). The van der Waals surface area contributed by atoms with Crippen LogP contribution in [0.2, 0.25) is 0 Å². The second kappa shape index (κ2) is 8.08. The third kappa shape index (κ3) is 3.66. The van der Waals surface area contributed by atoms with E-state index in [0.29, 0.717) is 17.0 Å². The second-order valence-electron chi connectivity index (χ2n) is 6.78. The number of fused-ring (bicyclic) bond motifs is 4. The number of thioether (sulfide) groups is 2. The molecule has 1 aromatic heterocycles. The number of furan rings is 1. The molecule has 0 aliphatic carbocycles. The van der Waals surface area contributed by atoms with Crippen molar-refractivity contribution in [3.63, 3.8) is 0 Å². The molecule has 7 heteroatoms. The number of nitrogens with zero attached hydrogens (tertiary/aromatic N) is 1. The molecule has 0 fully saturated rings. The number of benzene rings is 3. The van der Waals surface area contributed by atoms with Crippen LogP contribution in [0.1, 0.15) is 5.56 Å². The third-order valence-corrected chi connectivity index (χ3v) is 7.10. The predicted octanol–water partition coefficient (Wildman–Crippen LogP) is 6.20. The van der Waals surface area contributed by atoms with Crippen LogP contribution in [0.4, 0.5) is 11.4 Å². The van der Waals surface area contributed by atoms with Crippen LogP contribution in [0.5, 0.6) is 5.75 Å². The molecule has 1 amide bonds. The van der Waals surface area contributed by atoms with Gasteiger partial charge in [-0.15, -0.1) is 0 Å². The summed E-state index contributed by atoms with van der Waals surface area (Å²) in [5.41, 5.74) is 4.32. The van der Waals surface area contributed by atoms with Gasteiger partial charge in [0.1, 0.15) is 21.3 Å². The van der Waals surface area contributed by atoms with Crippen molar-refractivity contribution in [1.29, 1.82) is 0 Å². The highest BCUT2D eigenvalue weighted by Crippen LogP contribution is 2.37. The smallest absolute Gasteiger partial charge is 0.234 e. The predicted molar refractivity (Wildman–Crippen MR) is 126 cm³/mol. The lowest BCUT2D eigenvalue weighted by Crippen LogP contribution is -2.15. The average Bonchev–Trinajstić information content (AvgIpc) is 3.14. The van der Waals surface area contributed by atoms with E-state index in [1.165, 1.54) is 17.3 Å². The highest BCUT2D eigenvalue weighted by Gasteiger charge is 2.17. The molecule has 0 bridgehead atoms. The summed E-state index contributed by atoms with van der Waals surface area (Å²) in [6.45, 7) is 0. The van der Waals surface area contributed by atoms with E-state index in [1.54, 1.807) is 18.9 Å². The summed E-state index contributed by atoms with van der Waals surface area (Å²) in [6, 6.07) is 19.7. The Morgan fingerprint density at radius 3 is 2.87 bits per heavy atom. The minimum absolute atomic E-state index is 0.115. The number of hydrogen-bond donors (Lipinski definition) is 1. The lowest BCUT2D eigenvalue weighted by molar-refractivity contribution is -0.113. The highest BCUT2D eigenvalue weighted by molar-refractivity contribution is 8.38. The van der Waals surface area contributed by atoms with E-state index in [0.717, 1.165) is 32.2 Å². The molecule has 30 heavy (non-hydrogen) atoms. The van der Waals surface area contributed by atoms with Gasteiger partial charge in [0.15, 0.2) is 0 Å². The van der Waals surface area contributed by atoms with E-state index in [9.17, 15) is 4.79 Å². The Kier molecular flexibility index (Phi) is 5.14. The lowest BCUT2D eigenvalue weighted by atomic mass is 10.1. The van der Waals surface area contributed by atoms with Gasteiger partial charge in [0.2, 0.25) is 5.91 Å². The maximum Gasteiger partial charge on any atom is 0.234 e. The van der Waals surface area contributed by atoms with Crippen molar-refractivity contribution in [2.24, 2.45) is 4.99 Å². The fourth-order valence-electron chi connectivity index (χ4n) is 3.42. The van der Waals surface area contributed by atoms with Gasteiger partial charge in [-0.2, -0.15) is 0 Å². The number of carbonyl (C=O) groups is 1. The summed E-state index contributed by atoms with van der Waals surface area (Å²) in [7, 11) is 1.60. The molecule has 0 unspecified atom stereocenters. The van der Waals surface area contributed by atoms with Gasteiger partial charge in [0.25, 0.3) is 0 Å². The van der Waals surface area contributed by atoms with Crippen LogP contribution >= 0.6 is 23.5 Å². The number of anilines is 1. The largest absolute Gasteiger partial charge is 0.495 e. The van der Waals surface area contributed by atoms with E-state index in [2.05, 4.69) is 16.4 Å². The maximum atomic E-state index is 12.6. The molecule has 0 saturated heterocycles. The zero-order chi connectivity index (χ0) is 20.5. The number of methoxy groups -OCH3 is 1. The van der Waals surface area contributed by atoms with Crippen molar-refractivity contribution < 1.29 is 13.9 Å².